The number of primary amides is 1. The van der Waals surface area contributed by atoms with Crippen molar-refractivity contribution >= 4 is 17.7 Å². The van der Waals surface area contributed by atoms with Gasteiger partial charge in [-0.3, -0.25) is 0 Å². The number of hydrogen-bond acceptors (Lipinski definition) is 3. The Morgan fingerprint density at radius 1 is 1.60 bits per heavy atom. The third-order valence-corrected chi connectivity index (χ3v) is 2.78. The monoisotopic (exact) mass is 227 g/mol. The minimum absolute atomic E-state index is 0.424. The second kappa shape index (κ2) is 3.72. The van der Waals surface area contributed by atoms with Crippen LogP contribution in [-0.4, -0.2) is 17.3 Å². The first-order valence-corrected chi connectivity index (χ1v) is 4.89. The lowest BCUT2D eigenvalue weighted by Gasteiger charge is -2.15. The van der Waals surface area contributed by atoms with Gasteiger partial charge < -0.3 is 15.6 Å². The molecule has 0 saturated carbocycles. The fourth-order valence-corrected chi connectivity index (χ4v) is 2.17. The van der Waals surface area contributed by atoms with E-state index in [-0.39, 0.29) is 0 Å². The molecule has 0 heterocycles. The van der Waals surface area contributed by atoms with Gasteiger partial charge in [-0.2, -0.15) is 0 Å². The highest BCUT2D eigenvalue weighted by Crippen LogP contribution is 2.38. The number of carbonyl (C=O) groups is 1. The van der Waals surface area contributed by atoms with E-state index in [0.717, 1.165) is 5.56 Å². The van der Waals surface area contributed by atoms with Crippen molar-refractivity contribution in [1.29, 1.82) is 0 Å². The van der Waals surface area contributed by atoms with Crippen molar-refractivity contribution in [2.24, 2.45) is 5.73 Å². The molecule has 15 heavy (non-hydrogen) atoms. The first kappa shape index (κ1) is 10.3. The van der Waals surface area contributed by atoms with Gasteiger partial charge in [-0.1, -0.05) is 23.7 Å². The molecule has 0 spiro atoms. The van der Waals surface area contributed by atoms with Crippen molar-refractivity contribution in [2.75, 3.05) is 0 Å². The largest absolute Gasteiger partial charge is 0.439 e. The molecular formula is C10H10ClNO3. The van der Waals surface area contributed by atoms with Crippen LogP contribution in [0.25, 0.3) is 0 Å². The fourth-order valence-electron chi connectivity index (χ4n) is 1.87. The van der Waals surface area contributed by atoms with Gasteiger partial charge in [-0.15, -0.1) is 0 Å². The summed E-state index contributed by atoms with van der Waals surface area (Å²) in [5.74, 6) is 0. The maximum atomic E-state index is 10.7. The predicted molar refractivity (Wildman–Crippen MR) is 54.6 cm³/mol. The average molecular weight is 228 g/mol. The van der Waals surface area contributed by atoms with E-state index >= 15 is 0 Å². The van der Waals surface area contributed by atoms with Crippen LogP contribution in [0, 0.1) is 0 Å². The lowest BCUT2D eigenvalue weighted by molar-refractivity contribution is 0.0169. The van der Waals surface area contributed by atoms with E-state index in [2.05, 4.69) is 0 Å². The lowest BCUT2D eigenvalue weighted by atomic mass is 10.1. The lowest BCUT2D eigenvalue weighted by Crippen LogP contribution is -2.23. The zero-order valence-corrected chi connectivity index (χ0v) is 8.57. The minimum Gasteiger partial charge on any atom is -0.439 e. The summed E-state index contributed by atoms with van der Waals surface area (Å²) in [6, 6.07) is 5.32. The van der Waals surface area contributed by atoms with Gasteiger partial charge in [0.15, 0.2) is 6.10 Å². The van der Waals surface area contributed by atoms with Crippen LogP contribution in [0.4, 0.5) is 4.79 Å². The van der Waals surface area contributed by atoms with E-state index in [1.165, 1.54) is 0 Å². The summed E-state index contributed by atoms with van der Waals surface area (Å²) in [4.78, 5) is 10.7. The van der Waals surface area contributed by atoms with Crippen LogP contribution >= 0.6 is 11.6 Å². The maximum absolute atomic E-state index is 10.7. The van der Waals surface area contributed by atoms with Crippen molar-refractivity contribution in [2.45, 2.75) is 18.6 Å². The van der Waals surface area contributed by atoms with Gasteiger partial charge in [0.25, 0.3) is 0 Å². The van der Waals surface area contributed by atoms with Gasteiger partial charge in [-0.05, 0) is 11.6 Å². The topological polar surface area (TPSA) is 72.6 Å². The number of halogens is 1. The third-order valence-electron chi connectivity index (χ3n) is 2.45. The Morgan fingerprint density at radius 3 is 3.00 bits per heavy atom. The van der Waals surface area contributed by atoms with E-state index in [4.69, 9.17) is 22.1 Å². The third kappa shape index (κ3) is 1.78. The zero-order chi connectivity index (χ0) is 11.0. The van der Waals surface area contributed by atoms with E-state index in [0.29, 0.717) is 17.0 Å². The summed E-state index contributed by atoms with van der Waals surface area (Å²) in [7, 11) is 0. The predicted octanol–water partition coefficient (Wildman–Crippen LogP) is 1.39. The highest BCUT2D eigenvalue weighted by atomic mass is 35.5. The number of aliphatic hydroxyl groups excluding tert-OH is 1. The summed E-state index contributed by atoms with van der Waals surface area (Å²) < 4.78 is 4.84. The van der Waals surface area contributed by atoms with Crippen molar-refractivity contribution < 1.29 is 14.6 Å². The van der Waals surface area contributed by atoms with Gasteiger partial charge in [-0.25, -0.2) is 4.79 Å². The van der Waals surface area contributed by atoms with E-state index in [9.17, 15) is 9.90 Å². The second-order valence-electron chi connectivity index (χ2n) is 3.44. The van der Waals surface area contributed by atoms with Gasteiger partial charge in [0.2, 0.25) is 0 Å². The fraction of sp³-hybridized carbons (Fsp3) is 0.300. The Hall–Kier alpha value is -1.26. The van der Waals surface area contributed by atoms with Gasteiger partial charge in [0, 0.05) is 17.0 Å². The quantitative estimate of drug-likeness (QED) is 0.762. The molecule has 0 saturated heterocycles. The molecule has 0 aromatic heterocycles. The van der Waals surface area contributed by atoms with Gasteiger partial charge in [0.05, 0.1) is 6.10 Å². The minimum atomic E-state index is -0.910. The molecule has 1 aliphatic rings. The molecule has 80 valence electrons. The number of rotatable bonds is 1. The molecule has 0 unspecified atom stereocenters. The van der Waals surface area contributed by atoms with Gasteiger partial charge in [0.1, 0.15) is 0 Å². The molecule has 1 amide bonds. The molecule has 2 atom stereocenters. The van der Waals surface area contributed by atoms with E-state index < -0.39 is 18.3 Å². The zero-order valence-electron chi connectivity index (χ0n) is 7.81. The van der Waals surface area contributed by atoms with Crippen molar-refractivity contribution in [3.8, 4) is 0 Å². The number of ether oxygens (including phenoxy) is 1. The Morgan fingerprint density at radius 2 is 2.33 bits per heavy atom. The highest BCUT2D eigenvalue weighted by molar-refractivity contribution is 6.31. The summed E-state index contributed by atoms with van der Waals surface area (Å²) in [6.45, 7) is 0. The SMILES string of the molecule is NC(=O)O[C@H]1c2c(Cl)cccc2C[C@H]1O. The Labute approximate surface area is 91.6 Å². The number of amides is 1. The Kier molecular flexibility index (Phi) is 2.54. The number of fused-ring (bicyclic) bond motifs is 1. The number of aliphatic hydroxyl groups is 1. The molecule has 1 aliphatic carbocycles. The van der Waals surface area contributed by atoms with Crippen LogP contribution in [-0.2, 0) is 11.2 Å². The smallest absolute Gasteiger partial charge is 0.405 e. The average Bonchev–Trinajstić information content (AvgIpc) is 2.43. The molecule has 4 nitrogen and oxygen atoms in total. The summed E-state index contributed by atoms with van der Waals surface area (Å²) in [6.07, 6.45) is -2.00. The van der Waals surface area contributed by atoms with Crippen LogP contribution < -0.4 is 5.73 Å². The molecule has 0 bridgehead atoms. The Balaban J connectivity index is 2.39. The number of nitrogens with two attached hydrogens (primary N) is 1. The van der Waals surface area contributed by atoms with Crippen molar-refractivity contribution in [3.05, 3.63) is 34.3 Å². The summed E-state index contributed by atoms with van der Waals surface area (Å²) in [5, 5.41) is 10.2. The molecule has 1 aromatic carbocycles. The number of carbonyl (C=O) groups excluding carboxylic acids is 1. The van der Waals surface area contributed by atoms with Crippen LogP contribution in [0.2, 0.25) is 5.02 Å². The van der Waals surface area contributed by atoms with Crippen LogP contribution in [0.1, 0.15) is 17.2 Å². The molecule has 0 fully saturated rings. The highest BCUT2D eigenvalue weighted by Gasteiger charge is 2.35. The first-order valence-electron chi connectivity index (χ1n) is 4.51. The van der Waals surface area contributed by atoms with Crippen molar-refractivity contribution in [1.82, 2.24) is 0 Å². The Bertz CT molecular complexity index is 408. The normalized spacial score (nSPS) is 23.6. The van der Waals surface area contributed by atoms with Crippen LogP contribution in [0.3, 0.4) is 0 Å². The summed E-state index contributed by atoms with van der Waals surface area (Å²) in [5.41, 5.74) is 6.47. The maximum Gasteiger partial charge on any atom is 0.405 e. The van der Waals surface area contributed by atoms with E-state index in [1.807, 2.05) is 6.07 Å². The van der Waals surface area contributed by atoms with Crippen LogP contribution in [0.5, 0.6) is 0 Å². The van der Waals surface area contributed by atoms with Gasteiger partial charge >= 0.3 is 6.09 Å². The molecule has 0 radical (unpaired) electrons. The van der Waals surface area contributed by atoms with Crippen molar-refractivity contribution in [3.63, 3.8) is 0 Å². The molecule has 2 rings (SSSR count). The molecule has 1 aromatic rings. The summed E-state index contributed by atoms with van der Waals surface area (Å²) >= 11 is 5.97. The van der Waals surface area contributed by atoms with E-state index in [1.54, 1.807) is 12.1 Å². The number of benzene rings is 1. The molecule has 3 N–H and O–H groups in total. The first-order chi connectivity index (χ1) is 7.09. The molecular weight excluding hydrogens is 218 g/mol. The molecule has 5 heteroatoms. The second-order valence-corrected chi connectivity index (χ2v) is 3.85. The molecule has 0 aliphatic heterocycles. The number of hydrogen-bond donors (Lipinski definition) is 2. The standard InChI is InChI=1S/C10H10ClNO3/c11-6-3-1-2-5-4-7(13)9(8(5)6)15-10(12)14/h1-3,7,9,13H,4H2,(H2,12,14)/t7-,9-/m1/s1. The van der Waals surface area contributed by atoms with Crippen LogP contribution in [0.15, 0.2) is 18.2 Å².